The molecule has 0 aromatic heterocycles. The molecule has 0 fully saturated rings. The van der Waals surface area contributed by atoms with Gasteiger partial charge in [0.1, 0.15) is 0 Å². The van der Waals surface area contributed by atoms with E-state index in [0.717, 1.165) is 0 Å². The minimum absolute atomic E-state index is 0.0833. The third-order valence-corrected chi connectivity index (χ3v) is 0.129. The molecule has 0 heterocycles. The normalized spacial score (nSPS) is 4.86. The van der Waals surface area contributed by atoms with Crippen LogP contribution < -0.4 is 0 Å². The van der Waals surface area contributed by atoms with E-state index in [9.17, 15) is 0 Å². The monoisotopic (exact) mass is 139 g/mol. The zero-order chi connectivity index (χ0) is 6.12. The van der Waals surface area contributed by atoms with Gasteiger partial charge in [0.15, 0.2) is 0 Å². The Morgan fingerprint density at radius 3 is 2.00 bits per heavy atom. The van der Waals surface area contributed by atoms with Gasteiger partial charge in [0, 0.05) is 0 Å². The van der Waals surface area contributed by atoms with Crippen LogP contribution in [0.15, 0.2) is 12.7 Å². The van der Waals surface area contributed by atoms with Crippen LogP contribution in [-0.2, 0) is 22.8 Å². The second-order valence-electron chi connectivity index (χ2n) is 0.563. The first kappa shape index (κ1) is 10.2. The topological polar surface area (TPSA) is 57.5 Å². The summed E-state index contributed by atoms with van der Waals surface area (Å²) in [6.45, 7) is 3.31. The van der Waals surface area contributed by atoms with E-state index in [4.69, 9.17) is 12.1 Å². The van der Waals surface area contributed by atoms with Crippen LogP contribution in [0.4, 0.5) is 0 Å². The third kappa shape index (κ3) is 78.0. The van der Waals surface area contributed by atoms with Crippen molar-refractivity contribution in [1.29, 1.82) is 0 Å². The average Bonchev–Trinajstić information content (AvgIpc) is 1.69. The van der Waals surface area contributed by atoms with E-state index in [1.54, 1.807) is 0 Å². The molecule has 0 saturated heterocycles. The van der Waals surface area contributed by atoms with Crippen LogP contribution in [0.5, 0.6) is 0 Å². The summed E-state index contributed by atoms with van der Waals surface area (Å²) in [5.41, 5.74) is 0. The molecule has 3 nitrogen and oxygen atoms in total. The molecule has 7 heavy (non-hydrogen) atoms. The first-order valence-electron chi connectivity index (χ1n) is 1.56. The Morgan fingerprint density at radius 2 is 2.00 bits per heavy atom. The van der Waals surface area contributed by atoms with Gasteiger partial charge in [-0.25, -0.2) is 0 Å². The maximum atomic E-state index is 8.61. The van der Waals surface area contributed by atoms with E-state index in [2.05, 4.69) is 6.58 Å². The zero-order valence-corrected chi connectivity index (χ0v) is 5.36. The van der Waals surface area contributed by atoms with Crippen molar-refractivity contribution >= 4 is 0 Å². The SMILES string of the molecule is C=CCO.[O]=[Ti][OH]. The number of hydrogen-bond acceptors (Lipinski definition) is 2. The molecule has 0 atom stereocenters. The molecule has 0 radical (unpaired) electrons. The summed E-state index contributed by atoms with van der Waals surface area (Å²) < 4.78 is 15.8. The Morgan fingerprint density at radius 1 is 1.86 bits per heavy atom. The molecule has 0 unspecified atom stereocenters. The summed E-state index contributed by atoms with van der Waals surface area (Å²) in [7, 11) is 0. The molecule has 41 valence electrons. The predicted octanol–water partition coefficient (Wildman–Crippen LogP) is -0.514. The van der Waals surface area contributed by atoms with Crippen LogP contribution in [-0.4, -0.2) is 15.4 Å². The summed E-state index contributed by atoms with van der Waals surface area (Å²) in [4.78, 5) is 0. The molecule has 0 aliphatic heterocycles. The van der Waals surface area contributed by atoms with Gasteiger partial charge >= 0.3 is 26.5 Å². The summed E-state index contributed by atoms with van der Waals surface area (Å²) in [5.74, 6) is 0. The molecule has 2 N–H and O–H groups in total. The molecular weight excluding hydrogens is 132 g/mol. The number of hydrogen-bond donors (Lipinski definition) is 2. The van der Waals surface area contributed by atoms with Crippen LogP contribution >= 0.6 is 0 Å². The average molecular weight is 139 g/mol. The van der Waals surface area contributed by atoms with Crippen LogP contribution in [0.2, 0.25) is 0 Å². The van der Waals surface area contributed by atoms with Gasteiger partial charge < -0.3 is 5.11 Å². The molecule has 0 aliphatic carbocycles. The maximum absolute atomic E-state index is 8.61. The fourth-order valence-electron chi connectivity index (χ4n) is 0. The molecular formula is C3H7O3Ti. The van der Waals surface area contributed by atoms with Crippen molar-refractivity contribution in [2.75, 3.05) is 6.61 Å². The van der Waals surface area contributed by atoms with Crippen LogP contribution in [0.1, 0.15) is 0 Å². The summed E-state index contributed by atoms with van der Waals surface area (Å²) in [6, 6.07) is 0. The second-order valence-corrected chi connectivity index (χ2v) is 0.848. The molecule has 0 rings (SSSR count). The van der Waals surface area contributed by atoms with Crippen LogP contribution in [0, 0.1) is 0 Å². The van der Waals surface area contributed by atoms with Gasteiger partial charge in [0.05, 0.1) is 6.61 Å². The Labute approximate surface area is 51.4 Å². The predicted molar refractivity (Wildman–Crippen MR) is 20.2 cm³/mol. The fraction of sp³-hybridized carbons (Fsp3) is 0.333. The van der Waals surface area contributed by atoms with Crippen molar-refractivity contribution in [3.63, 3.8) is 0 Å². The molecule has 0 amide bonds. The Bertz CT molecular complexity index is 45.4. The number of aliphatic hydroxyl groups is 1. The fourth-order valence-corrected chi connectivity index (χ4v) is 0. The molecule has 0 saturated carbocycles. The quantitative estimate of drug-likeness (QED) is 0.379. The molecule has 4 heteroatoms. The van der Waals surface area contributed by atoms with E-state index in [-0.39, 0.29) is 6.61 Å². The van der Waals surface area contributed by atoms with Crippen molar-refractivity contribution < 1.29 is 31.6 Å². The van der Waals surface area contributed by atoms with Gasteiger partial charge in [-0.2, -0.15) is 0 Å². The third-order valence-electron chi connectivity index (χ3n) is 0.129. The molecule has 0 aromatic carbocycles. The van der Waals surface area contributed by atoms with Gasteiger partial charge in [-0.1, -0.05) is 6.08 Å². The summed E-state index contributed by atoms with van der Waals surface area (Å²) >= 11 is -1.75. The first-order chi connectivity index (χ1) is 3.33. The minimum atomic E-state index is -1.75. The van der Waals surface area contributed by atoms with Gasteiger partial charge in [-0.05, 0) is 0 Å². The second kappa shape index (κ2) is 16.4. The van der Waals surface area contributed by atoms with E-state index < -0.39 is 19.5 Å². The van der Waals surface area contributed by atoms with Gasteiger partial charge in [-0.15, -0.1) is 6.58 Å². The van der Waals surface area contributed by atoms with Crippen molar-refractivity contribution in [2.45, 2.75) is 0 Å². The molecule has 0 aromatic rings. The van der Waals surface area contributed by atoms with Crippen molar-refractivity contribution in [3.8, 4) is 0 Å². The van der Waals surface area contributed by atoms with E-state index >= 15 is 0 Å². The van der Waals surface area contributed by atoms with Crippen LogP contribution in [0.3, 0.4) is 0 Å². The standard InChI is InChI=1S/C3H6O.H2O.O.Ti/c1-2-3-4;;;/h2,4H,1,3H2;1H2;;/q;;;+1/p-1. The Hall–Kier alpha value is 0.174. The van der Waals surface area contributed by atoms with Crippen molar-refractivity contribution in [1.82, 2.24) is 0 Å². The summed E-state index contributed by atoms with van der Waals surface area (Å²) in [6.07, 6.45) is 1.43. The van der Waals surface area contributed by atoms with E-state index in [0.29, 0.717) is 0 Å². The number of aliphatic hydroxyl groups excluding tert-OH is 1. The van der Waals surface area contributed by atoms with Gasteiger partial charge in [-0.3, -0.25) is 0 Å². The van der Waals surface area contributed by atoms with E-state index in [1.165, 1.54) is 6.08 Å². The van der Waals surface area contributed by atoms with Crippen molar-refractivity contribution in [2.24, 2.45) is 0 Å². The van der Waals surface area contributed by atoms with Gasteiger partial charge in [0.2, 0.25) is 0 Å². The van der Waals surface area contributed by atoms with Crippen molar-refractivity contribution in [3.05, 3.63) is 12.7 Å². The summed E-state index contributed by atoms with van der Waals surface area (Å²) in [5, 5.41) is 7.76. The van der Waals surface area contributed by atoms with E-state index in [1.807, 2.05) is 0 Å². The van der Waals surface area contributed by atoms with Gasteiger partial charge in [0.25, 0.3) is 0 Å². The number of rotatable bonds is 1. The molecule has 0 spiro atoms. The Kier molecular flexibility index (Phi) is 23.9. The Balaban J connectivity index is 0. The first-order valence-corrected chi connectivity index (χ1v) is 2.90. The molecule has 0 aliphatic rings. The molecule has 0 bridgehead atoms. The zero-order valence-electron chi connectivity index (χ0n) is 3.79. The van der Waals surface area contributed by atoms with Crippen LogP contribution in [0.25, 0.3) is 0 Å².